The molecule has 0 aliphatic carbocycles. The van der Waals surface area contributed by atoms with Crippen LogP contribution >= 0.6 is 0 Å². The Morgan fingerprint density at radius 1 is 1.00 bits per heavy atom. The minimum Gasteiger partial charge on any atom is -0.300 e. The molecular weight excluding hydrogens is 258 g/mol. The highest BCUT2D eigenvalue weighted by molar-refractivity contribution is 5.88. The third-order valence-corrected chi connectivity index (χ3v) is 3.38. The van der Waals surface area contributed by atoms with Gasteiger partial charge in [0.1, 0.15) is 5.78 Å². The summed E-state index contributed by atoms with van der Waals surface area (Å²) in [5, 5.41) is 10.7. The maximum Gasteiger partial charge on any atom is 0.277 e. The topological polar surface area (TPSA) is 77.3 Å². The third kappa shape index (κ3) is 9.64. The van der Waals surface area contributed by atoms with Crippen LogP contribution in [-0.2, 0) is 9.59 Å². The molecule has 5 nitrogen and oxygen atoms in total. The molecule has 1 atom stereocenters. The zero-order valence-electron chi connectivity index (χ0n) is 12.7. The van der Waals surface area contributed by atoms with Crippen molar-refractivity contribution in [3.8, 4) is 0 Å². The standard InChI is InChI=1S/C15H27NO4/c1-3-4-5-6-7-8-9-10-11-15(18)14(16(19)20)12-13(2)17/h14H,3-12H2,1-2H3. The van der Waals surface area contributed by atoms with Crippen molar-refractivity contribution in [2.75, 3.05) is 0 Å². The average Bonchev–Trinajstić information content (AvgIpc) is 2.38. The molecule has 1 unspecified atom stereocenters. The number of ketones is 2. The van der Waals surface area contributed by atoms with E-state index >= 15 is 0 Å². The van der Waals surface area contributed by atoms with E-state index in [4.69, 9.17) is 0 Å². The fourth-order valence-corrected chi connectivity index (χ4v) is 2.18. The van der Waals surface area contributed by atoms with Gasteiger partial charge >= 0.3 is 0 Å². The normalized spacial score (nSPS) is 12.1. The Kier molecular flexibility index (Phi) is 10.8. The molecule has 0 aromatic rings. The monoisotopic (exact) mass is 285 g/mol. The van der Waals surface area contributed by atoms with Crippen molar-refractivity contribution in [1.82, 2.24) is 0 Å². The van der Waals surface area contributed by atoms with Gasteiger partial charge in [0.2, 0.25) is 5.78 Å². The molecule has 0 bridgehead atoms. The van der Waals surface area contributed by atoms with Crippen LogP contribution < -0.4 is 0 Å². The van der Waals surface area contributed by atoms with Crippen LogP contribution in [0.25, 0.3) is 0 Å². The van der Waals surface area contributed by atoms with Gasteiger partial charge in [0, 0.05) is 11.3 Å². The van der Waals surface area contributed by atoms with Gasteiger partial charge in [-0.3, -0.25) is 19.7 Å². The van der Waals surface area contributed by atoms with Crippen molar-refractivity contribution in [1.29, 1.82) is 0 Å². The Bertz CT molecular complexity index is 315. The molecular formula is C15H27NO4. The van der Waals surface area contributed by atoms with Crippen molar-refractivity contribution >= 4 is 11.6 Å². The number of hydrogen-bond donors (Lipinski definition) is 0. The number of carbonyl (C=O) groups is 2. The summed E-state index contributed by atoms with van der Waals surface area (Å²) in [5.74, 6) is -0.716. The molecule has 0 spiro atoms. The summed E-state index contributed by atoms with van der Waals surface area (Å²) in [4.78, 5) is 32.7. The van der Waals surface area contributed by atoms with Crippen LogP contribution in [0.1, 0.15) is 78.1 Å². The number of carbonyl (C=O) groups excluding carboxylic acids is 2. The molecule has 20 heavy (non-hydrogen) atoms. The molecule has 0 amide bonds. The molecule has 5 heteroatoms. The van der Waals surface area contributed by atoms with Gasteiger partial charge < -0.3 is 0 Å². The van der Waals surface area contributed by atoms with Crippen LogP contribution in [0.3, 0.4) is 0 Å². The van der Waals surface area contributed by atoms with E-state index in [1.54, 1.807) is 0 Å². The second-order valence-corrected chi connectivity index (χ2v) is 5.40. The number of rotatable bonds is 13. The van der Waals surface area contributed by atoms with Gasteiger partial charge in [-0.25, -0.2) is 0 Å². The van der Waals surface area contributed by atoms with Crippen LogP contribution in [0.5, 0.6) is 0 Å². The minimum absolute atomic E-state index is 0.216. The fourth-order valence-electron chi connectivity index (χ4n) is 2.18. The van der Waals surface area contributed by atoms with Gasteiger partial charge in [-0.15, -0.1) is 0 Å². The summed E-state index contributed by atoms with van der Waals surface area (Å²) in [7, 11) is 0. The molecule has 0 aliphatic rings. The Labute approximate surface area is 121 Å². The number of hydrogen-bond acceptors (Lipinski definition) is 4. The largest absolute Gasteiger partial charge is 0.300 e. The number of Topliss-reactive ketones (excluding diaryl/α,β-unsaturated/α-hetero) is 2. The van der Waals surface area contributed by atoms with E-state index in [-0.39, 0.29) is 18.6 Å². The van der Waals surface area contributed by atoms with Crippen molar-refractivity contribution < 1.29 is 14.5 Å². The van der Waals surface area contributed by atoms with Crippen molar-refractivity contribution in [3.63, 3.8) is 0 Å². The molecule has 0 heterocycles. The van der Waals surface area contributed by atoms with Crippen molar-refractivity contribution in [2.24, 2.45) is 0 Å². The maximum atomic E-state index is 11.7. The first-order valence-electron chi connectivity index (χ1n) is 7.64. The summed E-state index contributed by atoms with van der Waals surface area (Å²) in [6, 6.07) is -1.34. The van der Waals surface area contributed by atoms with E-state index < -0.39 is 16.7 Å². The Morgan fingerprint density at radius 3 is 1.95 bits per heavy atom. The van der Waals surface area contributed by atoms with Crippen LogP contribution in [-0.4, -0.2) is 22.5 Å². The highest BCUT2D eigenvalue weighted by atomic mass is 16.6. The van der Waals surface area contributed by atoms with Gasteiger partial charge in [-0.05, 0) is 13.3 Å². The smallest absolute Gasteiger partial charge is 0.277 e. The quantitative estimate of drug-likeness (QED) is 0.293. The molecule has 116 valence electrons. The first-order chi connectivity index (χ1) is 9.49. The Hall–Kier alpha value is -1.26. The zero-order chi connectivity index (χ0) is 15.4. The number of nitrogens with zero attached hydrogens (tertiary/aromatic N) is 1. The lowest BCUT2D eigenvalue weighted by molar-refractivity contribution is -0.506. The van der Waals surface area contributed by atoms with Crippen molar-refractivity contribution in [3.05, 3.63) is 10.1 Å². The molecule has 0 N–H and O–H groups in total. The molecule has 0 rings (SSSR count). The second-order valence-electron chi connectivity index (χ2n) is 5.40. The zero-order valence-corrected chi connectivity index (χ0v) is 12.7. The third-order valence-electron chi connectivity index (χ3n) is 3.38. The van der Waals surface area contributed by atoms with E-state index in [0.29, 0.717) is 6.42 Å². The summed E-state index contributed by atoms with van der Waals surface area (Å²) in [6.07, 6.45) is 8.79. The summed E-state index contributed by atoms with van der Waals surface area (Å²) in [5.41, 5.74) is 0. The minimum atomic E-state index is -1.34. The predicted molar refractivity (Wildman–Crippen MR) is 78.3 cm³/mol. The molecule has 0 saturated carbocycles. The van der Waals surface area contributed by atoms with Gasteiger partial charge in [0.05, 0.1) is 6.42 Å². The van der Waals surface area contributed by atoms with Crippen LogP contribution in [0, 0.1) is 10.1 Å². The van der Waals surface area contributed by atoms with E-state index in [1.165, 1.54) is 39.0 Å². The number of nitro groups is 1. The molecule has 0 saturated heterocycles. The first-order valence-corrected chi connectivity index (χ1v) is 7.64. The van der Waals surface area contributed by atoms with E-state index in [1.807, 2.05) is 0 Å². The van der Waals surface area contributed by atoms with Gasteiger partial charge in [0.15, 0.2) is 0 Å². The molecule has 0 aromatic heterocycles. The van der Waals surface area contributed by atoms with Gasteiger partial charge in [-0.2, -0.15) is 0 Å². The van der Waals surface area contributed by atoms with Crippen LogP contribution in [0.15, 0.2) is 0 Å². The summed E-state index contributed by atoms with van der Waals surface area (Å²) < 4.78 is 0. The highest BCUT2D eigenvalue weighted by Gasteiger charge is 2.29. The lowest BCUT2D eigenvalue weighted by Crippen LogP contribution is -2.31. The Balaban J connectivity index is 3.74. The molecule has 0 aliphatic heterocycles. The molecule has 0 radical (unpaired) electrons. The average molecular weight is 285 g/mol. The molecule has 0 aromatic carbocycles. The van der Waals surface area contributed by atoms with Crippen LogP contribution in [0.2, 0.25) is 0 Å². The van der Waals surface area contributed by atoms with E-state index in [0.717, 1.165) is 12.8 Å². The molecule has 0 fully saturated rings. The second kappa shape index (κ2) is 11.6. The van der Waals surface area contributed by atoms with Crippen molar-refractivity contribution in [2.45, 2.75) is 84.1 Å². The first kappa shape index (κ1) is 18.7. The SMILES string of the molecule is CCCCCCCCCCC(=O)C(CC(C)=O)[N+](=O)[O-]. The van der Waals surface area contributed by atoms with Gasteiger partial charge in [-0.1, -0.05) is 51.9 Å². The summed E-state index contributed by atoms with van der Waals surface area (Å²) >= 11 is 0. The van der Waals surface area contributed by atoms with E-state index in [2.05, 4.69) is 6.92 Å². The predicted octanol–water partition coefficient (Wildman–Crippen LogP) is 3.71. The Morgan fingerprint density at radius 2 is 1.50 bits per heavy atom. The summed E-state index contributed by atoms with van der Waals surface area (Å²) in [6.45, 7) is 3.46. The van der Waals surface area contributed by atoms with E-state index in [9.17, 15) is 19.7 Å². The lowest BCUT2D eigenvalue weighted by Gasteiger charge is -2.06. The van der Waals surface area contributed by atoms with Gasteiger partial charge in [0.25, 0.3) is 6.04 Å². The highest BCUT2D eigenvalue weighted by Crippen LogP contribution is 2.11. The maximum absolute atomic E-state index is 11.7. The lowest BCUT2D eigenvalue weighted by atomic mass is 10.0. The van der Waals surface area contributed by atoms with Crippen LogP contribution in [0.4, 0.5) is 0 Å². The number of unbranched alkanes of at least 4 members (excludes halogenated alkanes) is 7. The fraction of sp³-hybridized carbons (Fsp3) is 0.867.